The first-order valence-corrected chi connectivity index (χ1v) is 12.2. The predicted octanol–water partition coefficient (Wildman–Crippen LogP) is 4.89. The number of hydrogen-bond donors (Lipinski definition) is 1. The van der Waals surface area contributed by atoms with Crippen LogP contribution in [-0.2, 0) is 9.59 Å². The van der Waals surface area contributed by atoms with E-state index in [2.05, 4.69) is 33.8 Å². The Labute approximate surface area is 186 Å². The van der Waals surface area contributed by atoms with Gasteiger partial charge in [-0.1, -0.05) is 39.3 Å². The minimum Gasteiger partial charge on any atom is -0.325 e. The molecule has 7 unspecified atom stereocenters. The summed E-state index contributed by atoms with van der Waals surface area (Å²) in [5.41, 5.74) is 8.03. The number of nitriles is 1. The fraction of sp³-hybridized carbons (Fsp3) is 0.741. The van der Waals surface area contributed by atoms with Crippen LogP contribution in [0.4, 0.5) is 0 Å². The molecule has 0 saturated heterocycles. The summed E-state index contributed by atoms with van der Waals surface area (Å²) in [7, 11) is 0. The average molecular weight is 421 g/mol. The van der Waals surface area contributed by atoms with E-state index in [4.69, 9.17) is 5.73 Å². The number of rotatable bonds is 0. The lowest BCUT2D eigenvalue weighted by Gasteiger charge is -2.63. The normalized spacial score (nSPS) is 48.3. The number of ketones is 2. The van der Waals surface area contributed by atoms with Crippen molar-refractivity contribution in [2.45, 2.75) is 84.6 Å². The number of nitrogens with zero attached hydrogens (tertiary/aromatic N) is 1. The maximum Gasteiger partial charge on any atom is 0.173 e. The molecule has 7 atom stereocenters. The summed E-state index contributed by atoms with van der Waals surface area (Å²) in [6, 6.07) is 2.12. The molecule has 0 spiro atoms. The smallest absolute Gasteiger partial charge is 0.173 e. The molecule has 4 heteroatoms. The molecule has 5 aliphatic carbocycles. The first kappa shape index (κ1) is 21.1. The minimum atomic E-state index is -0.379. The molecule has 0 aromatic carbocycles. The quantitative estimate of drug-likeness (QED) is 0.605. The lowest BCUT2D eigenvalue weighted by molar-refractivity contribution is -0.137. The number of hydrogen-bond acceptors (Lipinski definition) is 4. The number of nitrogens with two attached hydrogens (primary N) is 1. The van der Waals surface area contributed by atoms with E-state index in [1.54, 1.807) is 0 Å². The fourth-order valence-electron chi connectivity index (χ4n) is 8.45. The summed E-state index contributed by atoms with van der Waals surface area (Å²) in [5, 5.41) is 9.53. The van der Waals surface area contributed by atoms with Crippen molar-refractivity contribution in [2.24, 2.45) is 45.7 Å². The van der Waals surface area contributed by atoms with E-state index in [0.717, 1.165) is 44.9 Å². The molecule has 5 rings (SSSR count). The molecule has 2 N–H and O–H groups in total. The second-order valence-electron chi connectivity index (χ2n) is 12.6. The zero-order valence-corrected chi connectivity index (χ0v) is 19.5. The zero-order chi connectivity index (χ0) is 22.4. The van der Waals surface area contributed by atoms with E-state index in [-0.39, 0.29) is 56.7 Å². The molecular weight excluding hydrogens is 384 g/mol. The second kappa shape index (κ2) is 6.41. The largest absolute Gasteiger partial charge is 0.325 e. The van der Waals surface area contributed by atoms with Gasteiger partial charge in [-0.05, 0) is 79.6 Å². The number of carbonyl (C=O) groups is 2. The standard InChI is InChI=1S/C27H36N2O2/c1-24(2)9-10-27(29)8-6-18-23(19(27)14-24)21(31)12-22-25(18,3)7-5-17-11-20(30)16(15-28)13-26(17,22)4/h12-13,17-19,23H,5-11,14,29H2,1-4H3. The number of carbonyl (C=O) groups excluding carboxylic acids is 2. The van der Waals surface area contributed by atoms with Gasteiger partial charge < -0.3 is 5.73 Å². The molecule has 4 nitrogen and oxygen atoms in total. The Balaban J connectivity index is 1.62. The van der Waals surface area contributed by atoms with Crippen LogP contribution in [0.3, 0.4) is 0 Å². The van der Waals surface area contributed by atoms with Crippen molar-refractivity contribution in [2.75, 3.05) is 0 Å². The van der Waals surface area contributed by atoms with Crippen molar-refractivity contribution in [1.82, 2.24) is 0 Å². The van der Waals surface area contributed by atoms with Gasteiger partial charge in [0.1, 0.15) is 6.07 Å². The maximum atomic E-state index is 13.8. The van der Waals surface area contributed by atoms with Gasteiger partial charge in [-0.3, -0.25) is 9.59 Å². The van der Waals surface area contributed by atoms with Crippen LogP contribution in [-0.4, -0.2) is 17.1 Å². The molecule has 5 aliphatic rings. The Morgan fingerprint density at radius 1 is 1.03 bits per heavy atom. The van der Waals surface area contributed by atoms with E-state index in [9.17, 15) is 14.9 Å². The van der Waals surface area contributed by atoms with Gasteiger partial charge in [-0.15, -0.1) is 0 Å². The first-order chi connectivity index (χ1) is 14.4. The Kier molecular flexibility index (Phi) is 4.37. The molecule has 0 radical (unpaired) electrons. The van der Waals surface area contributed by atoms with Gasteiger partial charge >= 0.3 is 0 Å². The Morgan fingerprint density at radius 2 is 1.77 bits per heavy atom. The van der Waals surface area contributed by atoms with Gasteiger partial charge in [0.05, 0.1) is 5.57 Å². The summed E-state index contributed by atoms with van der Waals surface area (Å²) >= 11 is 0. The van der Waals surface area contributed by atoms with Crippen molar-refractivity contribution in [1.29, 1.82) is 5.26 Å². The molecule has 3 saturated carbocycles. The van der Waals surface area contributed by atoms with Gasteiger partial charge in [0.2, 0.25) is 0 Å². The van der Waals surface area contributed by atoms with Gasteiger partial charge in [0, 0.05) is 23.3 Å². The van der Waals surface area contributed by atoms with E-state index < -0.39 is 0 Å². The Morgan fingerprint density at radius 3 is 2.48 bits per heavy atom. The lowest BCUT2D eigenvalue weighted by Crippen LogP contribution is -2.64. The number of allylic oxidation sites excluding steroid dienone is 4. The van der Waals surface area contributed by atoms with Crippen LogP contribution in [0.5, 0.6) is 0 Å². The summed E-state index contributed by atoms with van der Waals surface area (Å²) in [6.45, 7) is 9.17. The summed E-state index contributed by atoms with van der Waals surface area (Å²) in [4.78, 5) is 26.2. The highest BCUT2D eigenvalue weighted by molar-refractivity contribution is 6.01. The van der Waals surface area contributed by atoms with Crippen LogP contribution in [0.25, 0.3) is 0 Å². The van der Waals surface area contributed by atoms with Crippen LogP contribution in [0, 0.1) is 51.2 Å². The molecule has 0 heterocycles. The molecule has 0 amide bonds. The molecule has 0 aliphatic heterocycles. The number of Topliss-reactive ketones (excluding diaryl/α,β-unsaturated/α-hetero) is 1. The second-order valence-corrected chi connectivity index (χ2v) is 12.6. The Hall–Kier alpha value is -1.73. The molecule has 166 valence electrons. The van der Waals surface area contributed by atoms with Crippen molar-refractivity contribution in [3.63, 3.8) is 0 Å². The van der Waals surface area contributed by atoms with Crippen molar-refractivity contribution in [3.05, 3.63) is 23.3 Å². The van der Waals surface area contributed by atoms with Crippen LogP contribution >= 0.6 is 0 Å². The van der Waals surface area contributed by atoms with Crippen LogP contribution < -0.4 is 5.73 Å². The van der Waals surface area contributed by atoms with Crippen molar-refractivity contribution >= 4 is 11.6 Å². The molecular formula is C27H36N2O2. The third-order valence-electron chi connectivity index (χ3n) is 10.4. The van der Waals surface area contributed by atoms with Gasteiger partial charge in [0.15, 0.2) is 11.6 Å². The molecule has 0 aromatic rings. The molecule has 3 fully saturated rings. The van der Waals surface area contributed by atoms with Gasteiger partial charge in [-0.25, -0.2) is 0 Å². The molecule has 31 heavy (non-hydrogen) atoms. The Bertz CT molecular complexity index is 968. The van der Waals surface area contributed by atoms with E-state index in [1.165, 1.54) is 5.57 Å². The molecule has 0 bridgehead atoms. The highest BCUT2D eigenvalue weighted by atomic mass is 16.1. The highest BCUT2D eigenvalue weighted by Crippen LogP contribution is 2.67. The van der Waals surface area contributed by atoms with Crippen LogP contribution in [0.15, 0.2) is 23.3 Å². The summed E-state index contributed by atoms with van der Waals surface area (Å²) in [6.07, 6.45) is 11.5. The van der Waals surface area contributed by atoms with E-state index >= 15 is 0 Å². The highest BCUT2D eigenvalue weighted by Gasteiger charge is 2.63. The summed E-state index contributed by atoms with van der Waals surface area (Å²) in [5.74, 6) is 0.971. The fourth-order valence-corrected chi connectivity index (χ4v) is 8.45. The lowest BCUT2D eigenvalue weighted by atomic mass is 9.41. The first-order valence-electron chi connectivity index (χ1n) is 12.2. The SMILES string of the molecule is CC1(C)CCC2(N)CCC3C(C(=O)C=C4C5(C)C=C(C#N)C(=O)CC5CCC43C)C2C1. The topological polar surface area (TPSA) is 83.9 Å². The van der Waals surface area contributed by atoms with Crippen LogP contribution in [0.2, 0.25) is 0 Å². The van der Waals surface area contributed by atoms with Crippen molar-refractivity contribution in [3.8, 4) is 6.07 Å². The third kappa shape index (κ3) is 2.81. The van der Waals surface area contributed by atoms with Crippen LogP contribution in [0.1, 0.15) is 79.1 Å². The van der Waals surface area contributed by atoms with Gasteiger partial charge in [0.25, 0.3) is 0 Å². The third-order valence-corrected chi connectivity index (χ3v) is 10.4. The molecule has 0 aromatic heterocycles. The minimum absolute atomic E-state index is 0.0110. The summed E-state index contributed by atoms with van der Waals surface area (Å²) < 4.78 is 0. The predicted molar refractivity (Wildman–Crippen MR) is 120 cm³/mol. The zero-order valence-electron chi connectivity index (χ0n) is 19.5. The van der Waals surface area contributed by atoms with Gasteiger partial charge in [-0.2, -0.15) is 5.26 Å². The maximum absolute atomic E-state index is 13.8. The number of fused-ring (bicyclic) bond motifs is 7. The average Bonchev–Trinajstić information content (AvgIpc) is 2.70. The van der Waals surface area contributed by atoms with Crippen molar-refractivity contribution < 1.29 is 9.59 Å². The van der Waals surface area contributed by atoms with E-state index in [0.29, 0.717) is 12.3 Å². The monoisotopic (exact) mass is 420 g/mol. The van der Waals surface area contributed by atoms with E-state index in [1.807, 2.05) is 12.2 Å².